The van der Waals surface area contributed by atoms with Gasteiger partial charge in [-0.05, 0) is 18.2 Å². The lowest BCUT2D eigenvalue weighted by molar-refractivity contribution is -0.147. The first kappa shape index (κ1) is 15.2. The van der Waals surface area contributed by atoms with Gasteiger partial charge in [0.25, 0.3) is 0 Å². The Morgan fingerprint density at radius 3 is 2.53 bits per heavy atom. The molecule has 1 N–H and O–H groups in total. The normalized spacial score (nSPS) is 11.6. The second-order valence-corrected chi connectivity index (χ2v) is 3.63. The molecule has 102 valence electrons. The number of esters is 1. The summed E-state index contributed by atoms with van der Waals surface area (Å²) in [6, 6.07) is 6.62. The molecule has 1 aromatic rings. The lowest BCUT2D eigenvalue weighted by Gasteiger charge is -2.14. The summed E-state index contributed by atoms with van der Waals surface area (Å²) in [4.78, 5) is 11.3. The van der Waals surface area contributed by atoms with Gasteiger partial charge >= 0.3 is 5.97 Å². The minimum atomic E-state index is -1.07. The van der Waals surface area contributed by atoms with Crippen LogP contribution in [-0.2, 0) is 14.2 Å². The summed E-state index contributed by atoms with van der Waals surface area (Å²) < 4.78 is 14.4. The van der Waals surface area contributed by atoms with Crippen LogP contribution in [0.15, 0.2) is 24.3 Å². The van der Waals surface area contributed by atoms with E-state index in [0.717, 1.165) is 0 Å². The maximum Gasteiger partial charge on any atom is 0.337 e. The van der Waals surface area contributed by atoms with E-state index in [0.29, 0.717) is 11.1 Å². The first-order chi connectivity index (χ1) is 9.12. The summed E-state index contributed by atoms with van der Waals surface area (Å²) in [5.74, 6) is 4.90. The fourth-order valence-corrected chi connectivity index (χ4v) is 1.42. The third kappa shape index (κ3) is 4.38. The van der Waals surface area contributed by atoms with E-state index >= 15 is 0 Å². The molecule has 0 saturated carbocycles. The lowest BCUT2D eigenvalue weighted by atomic mass is 10.1. The summed E-state index contributed by atoms with van der Waals surface area (Å²) in [5.41, 5.74) is 0.992. The Labute approximate surface area is 112 Å². The molecule has 19 heavy (non-hydrogen) atoms. The minimum Gasteiger partial charge on any atom is -0.465 e. The van der Waals surface area contributed by atoms with Gasteiger partial charge in [0.2, 0.25) is 0 Å². The van der Waals surface area contributed by atoms with E-state index in [1.165, 1.54) is 21.3 Å². The van der Waals surface area contributed by atoms with Crippen LogP contribution < -0.4 is 0 Å². The Hall–Kier alpha value is -1.87. The number of rotatable bonds is 4. The maximum absolute atomic E-state index is 11.3. The van der Waals surface area contributed by atoms with Gasteiger partial charge < -0.3 is 19.3 Å². The molecule has 0 fully saturated rings. The van der Waals surface area contributed by atoms with Gasteiger partial charge in [0, 0.05) is 19.8 Å². The lowest BCUT2D eigenvalue weighted by Crippen LogP contribution is -2.28. The molecule has 5 heteroatoms. The zero-order chi connectivity index (χ0) is 14.3. The SMILES string of the molecule is COC(=O)c1cccc(C#CC(O)C(OC)OC)c1. The predicted molar refractivity (Wildman–Crippen MR) is 68.5 cm³/mol. The smallest absolute Gasteiger partial charge is 0.337 e. The van der Waals surface area contributed by atoms with Crippen LogP contribution in [0, 0.1) is 11.8 Å². The van der Waals surface area contributed by atoms with Crippen LogP contribution in [0.1, 0.15) is 15.9 Å². The standard InChI is InChI=1S/C14H16O5/c1-17-13(16)11-6-4-5-10(9-11)7-8-12(15)14(18-2)19-3/h4-6,9,12,14-15H,1-3H3. The Kier molecular flexibility index (Phi) is 6.03. The van der Waals surface area contributed by atoms with E-state index in [1.807, 2.05) is 0 Å². The highest BCUT2D eigenvalue weighted by Crippen LogP contribution is 2.06. The molecule has 5 nitrogen and oxygen atoms in total. The number of carbonyl (C=O) groups is 1. The van der Waals surface area contributed by atoms with Crippen LogP contribution >= 0.6 is 0 Å². The van der Waals surface area contributed by atoms with Crippen molar-refractivity contribution in [2.24, 2.45) is 0 Å². The molecular weight excluding hydrogens is 248 g/mol. The number of aliphatic hydroxyl groups is 1. The largest absolute Gasteiger partial charge is 0.465 e. The van der Waals surface area contributed by atoms with E-state index in [2.05, 4.69) is 16.6 Å². The number of ether oxygens (including phenoxy) is 3. The van der Waals surface area contributed by atoms with Crippen molar-refractivity contribution in [2.75, 3.05) is 21.3 Å². The second-order valence-electron chi connectivity index (χ2n) is 3.63. The zero-order valence-electron chi connectivity index (χ0n) is 11.0. The molecule has 0 spiro atoms. The summed E-state index contributed by atoms with van der Waals surface area (Å²) in [7, 11) is 4.14. The van der Waals surface area contributed by atoms with Crippen LogP contribution in [-0.4, -0.2) is 44.8 Å². The van der Waals surface area contributed by atoms with Gasteiger partial charge in [0.1, 0.15) is 0 Å². The molecule has 1 unspecified atom stereocenters. The van der Waals surface area contributed by atoms with Crippen molar-refractivity contribution < 1.29 is 24.1 Å². The number of hydrogen-bond acceptors (Lipinski definition) is 5. The predicted octanol–water partition coefficient (Wildman–Crippen LogP) is 0.804. The highest BCUT2D eigenvalue weighted by molar-refractivity contribution is 5.89. The second kappa shape index (κ2) is 7.54. The number of benzene rings is 1. The Balaban J connectivity index is 2.86. The van der Waals surface area contributed by atoms with Crippen LogP contribution in [0.2, 0.25) is 0 Å². The highest BCUT2D eigenvalue weighted by Gasteiger charge is 2.14. The van der Waals surface area contributed by atoms with Crippen molar-refractivity contribution in [3.63, 3.8) is 0 Å². The first-order valence-electron chi connectivity index (χ1n) is 5.56. The van der Waals surface area contributed by atoms with E-state index in [4.69, 9.17) is 9.47 Å². The third-order valence-corrected chi connectivity index (χ3v) is 2.37. The number of carbonyl (C=O) groups excluding carboxylic acids is 1. The summed E-state index contributed by atoms with van der Waals surface area (Å²) in [6.45, 7) is 0. The maximum atomic E-state index is 11.3. The van der Waals surface area contributed by atoms with Crippen molar-refractivity contribution in [2.45, 2.75) is 12.4 Å². The molecule has 0 aromatic heterocycles. The number of hydrogen-bond donors (Lipinski definition) is 1. The Morgan fingerprint density at radius 2 is 1.95 bits per heavy atom. The summed E-state index contributed by atoms with van der Waals surface area (Å²) >= 11 is 0. The first-order valence-corrected chi connectivity index (χ1v) is 5.56. The minimum absolute atomic E-state index is 0.402. The van der Waals surface area contributed by atoms with Crippen LogP contribution in [0.25, 0.3) is 0 Å². The number of aliphatic hydroxyl groups excluding tert-OH is 1. The molecule has 0 amide bonds. The Morgan fingerprint density at radius 1 is 1.26 bits per heavy atom. The molecule has 1 rings (SSSR count). The quantitative estimate of drug-likeness (QED) is 0.495. The molecule has 0 saturated heterocycles. The third-order valence-electron chi connectivity index (χ3n) is 2.37. The van der Waals surface area contributed by atoms with Gasteiger partial charge in [-0.2, -0.15) is 0 Å². The van der Waals surface area contributed by atoms with Gasteiger partial charge in [0.15, 0.2) is 12.4 Å². The molecule has 0 heterocycles. The van der Waals surface area contributed by atoms with E-state index in [9.17, 15) is 9.90 Å². The topological polar surface area (TPSA) is 65.0 Å². The van der Waals surface area contributed by atoms with Gasteiger partial charge in [-0.15, -0.1) is 0 Å². The Bertz CT molecular complexity index is 482. The molecule has 0 aliphatic heterocycles. The van der Waals surface area contributed by atoms with E-state index < -0.39 is 18.4 Å². The van der Waals surface area contributed by atoms with Gasteiger partial charge in [-0.1, -0.05) is 17.9 Å². The highest BCUT2D eigenvalue weighted by atomic mass is 16.7. The molecule has 0 bridgehead atoms. The molecular formula is C14H16O5. The summed E-state index contributed by atoms with van der Waals surface area (Å²) in [6.07, 6.45) is -1.88. The van der Waals surface area contributed by atoms with Gasteiger partial charge in [-0.25, -0.2) is 4.79 Å². The molecule has 1 atom stereocenters. The van der Waals surface area contributed by atoms with Crippen LogP contribution in [0.3, 0.4) is 0 Å². The van der Waals surface area contributed by atoms with Crippen molar-refractivity contribution >= 4 is 5.97 Å². The summed E-state index contributed by atoms with van der Waals surface area (Å²) in [5, 5.41) is 9.68. The van der Waals surface area contributed by atoms with Crippen molar-refractivity contribution in [1.29, 1.82) is 0 Å². The molecule has 0 radical (unpaired) electrons. The van der Waals surface area contributed by atoms with Gasteiger partial charge in [0.05, 0.1) is 12.7 Å². The van der Waals surface area contributed by atoms with Crippen molar-refractivity contribution in [3.8, 4) is 11.8 Å². The van der Waals surface area contributed by atoms with Crippen LogP contribution in [0.5, 0.6) is 0 Å². The average molecular weight is 264 g/mol. The fraction of sp³-hybridized carbons (Fsp3) is 0.357. The average Bonchev–Trinajstić information content (AvgIpc) is 2.45. The molecule has 0 aliphatic carbocycles. The molecule has 0 aliphatic rings. The number of methoxy groups -OCH3 is 3. The fourth-order valence-electron chi connectivity index (χ4n) is 1.42. The van der Waals surface area contributed by atoms with Crippen LogP contribution in [0.4, 0.5) is 0 Å². The molecule has 1 aromatic carbocycles. The van der Waals surface area contributed by atoms with Crippen molar-refractivity contribution in [1.82, 2.24) is 0 Å². The monoisotopic (exact) mass is 264 g/mol. The van der Waals surface area contributed by atoms with Crippen molar-refractivity contribution in [3.05, 3.63) is 35.4 Å². The van der Waals surface area contributed by atoms with E-state index in [-0.39, 0.29) is 0 Å². The van der Waals surface area contributed by atoms with Gasteiger partial charge in [-0.3, -0.25) is 0 Å². The zero-order valence-corrected chi connectivity index (χ0v) is 11.0. The van der Waals surface area contributed by atoms with E-state index in [1.54, 1.807) is 24.3 Å².